The number of aliphatic hydroxyl groups is 1. The Bertz CT molecular complexity index is 170. The maximum absolute atomic E-state index is 7.00. The molecule has 0 saturated heterocycles. The normalized spacial score (nSPS) is 7.79. The van der Waals surface area contributed by atoms with E-state index in [1.165, 1.54) is 24.8 Å². The fraction of sp³-hybridized carbons (Fsp3) is 0.538. The van der Waals surface area contributed by atoms with Gasteiger partial charge in [-0.2, -0.15) is 0 Å². The quantitative estimate of drug-likeness (QED) is 0.782. The van der Waals surface area contributed by atoms with Crippen molar-refractivity contribution in [3.05, 3.63) is 35.9 Å². The Morgan fingerprint density at radius 1 is 1.00 bits per heavy atom. The van der Waals surface area contributed by atoms with Crippen LogP contribution in [0.3, 0.4) is 0 Å². The minimum absolute atomic E-state index is 1.00. The molecule has 0 unspecified atom stereocenters. The highest BCUT2D eigenvalue weighted by atomic mass is 16.2. The molecule has 0 aliphatic carbocycles. The van der Waals surface area contributed by atoms with E-state index in [2.05, 4.69) is 37.3 Å². The van der Waals surface area contributed by atoms with Crippen LogP contribution in [0.25, 0.3) is 0 Å². The minimum Gasteiger partial charge on any atom is -0.400 e. The second-order valence-electron chi connectivity index (χ2n) is 2.59. The molecule has 1 N–H and O–H groups in total. The molecule has 0 aliphatic heterocycles. The SMILES string of the molecule is CC.CCCCc1ccccc1.CO. The van der Waals surface area contributed by atoms with Crippen molar-refractivity contribution in [2.24, 2.45) is 0 Å². The Morgan fingerprint density at radius 2 is 1.50 bits per heavy atom. The van der Waals surface area contributed by atoms with Gasteiger partial charge in [0.25, 0.3) is 0 Å². The number of hydrogen-bond donors (Lipinski definition) is 1. The average molecular weight is 196 g/mol. The molecule has 0 fully saturated rings. The summed E-state index contributed by atoms with van der Waals surface area (Å²) in [5.74, 6) is 0. The molecular formula is C13H24O. The number of hydrogen-bond acceptors (Lipinski definition) is 1. The van der Waals surface area contributed by atoms with E-state index in [4.69, 9.17) is 5.11 Å². The third-order valence-corrected chi connectivity index (χ3v) is 1.66. The van der Waals surface area contributed by atoms with Crippen molar-refractivity contribution < 1.29 is 5.11 Å². The number of aryl methyl sites for hydroxylation is 1. The zero-order chi connectivity index (χ0) is 11.2. The molecule has 1 aromatic rings. The summed E-state index contributed by atoms with van der Waals surface area (Å²) < 4.78 is 0. The predicted molar refractivity (Wildman–Crippen MR) is 64.5 cm³/mol. The second kappa shape index (κ2) is 14.7. The Labute approximate surface area is 88.8 Å². The fourth-order valence-electron chi connectivity index (χ4n) is 1.03. The smallest absolute Gasteiger partial charge is 0.0319 e. The third-order valence-electron chi connectivity index (χ3n) is 1.66. The standard InChI is InChI=1S/C10H14.C2H6.CH4O/c1-2-3-7-10-8-5-4-6-9-10;2*1-2/h4-6,8-9H,2-3,7H2,1H3;1-2H3;2H,1H3. The molecule has 0 amide bonds. The van der Waals surface area contributed by atoms with Gasteiger partial charge in [-0.3, -0.25) is 0 Å². The van der Waals surface area contributed by atoms with E-state index in [-0.39, 0.29) is 0 Å². The van der Waals surface area contributed by atoms with Gasteiger partial charge in [0, 0.05) is 7.11 Å². The Hall–Kier alpha value is -0.820. The first-order chi connectivity index (χ1) is 6.93. The molecule has 1 nitrogen and oxygen atoms in total. The lowest BCUT2D eigenvalue weighted by molar-refractivity contribution is 0.399. The highest BCUT2D eigenvalue weighted by molar-refractivity contribution is 5.14. The Balaban J connectivity index is 0. The summed E-state index contributed by atoms with van der Waals surface area (Å²) in [6, 6.07) is 10.6. The van der Waals surface area contributed by atoms with Crippen molar-refractivity contribution in [1.29, 1.82) is 0 Å². The van der Waals surface area contributed by atoms with Gasteiger partial charge in [-0.05, 0) is 18.4 Å². The topological polar surface area (TPSA) is 20.2 Å². The van der Waals surface area contributed by atoms with Crippen LogP contribution in [-0.2, 0) is 6.42 Å². The second-order valence-corrected chi connectivity index (χ2v) is 2.59. The first kappa shape index (κ1) is 15.6. The van der Waals surface area contributed by atoms with E-state index in [0.29, 0.717) is 0 Å². The van der Waals surface area contributed by atoms with Gasteiger partial charge in [0.2, 0.25) is 0 Å². The van der Waals surface area contributed by atoms with E-state index in [9.17, 15) is 0 Å². The summed E-state index contributed by atoms with van der Waals surface area (Å²) in [5.41, 5.74) is 1.46. The van der Waals surface area contributed by atoms with E-state index < -0.39 is 0 Å². The first-order valence-electron chi connectivity index (χ1n) is 5.42. The summed E-state index contributed by atoms with van der Waals surface area (Å²) in [7, 11) is 1.00. The molecule has 0 spiro atoms. The minimum atomic E-state index is 1.00. The molecule has 1 aromatic carbocycles. The van der Waals surface area contributed by atoms with Crippen molar-refractivity contribution in [2.45, 2.75) is 40.0 Å². The maximum atomic E-state index is 7.00. The molecule has 1 heteroatoms. The highest BCUT2D eigenvalue weighted by Crippen LogP contribution is 2.03. The lowest BCUT2D eigenvalue weighted by Crippen LogP contribution is -1.81. The van der Waals surface area contributed by atoms with Crippen molar-refractivity contribution in [2.75, 3.05) is 7.11 Å². The van der Waals surface area contributed by atoms with Crippen LogP contribution in [0.1, 0.15) is 39.2 Å². The van der Waals surface area contributed by atoms with Gasteiger partial charge in [-0.15, -0.1) is 0 Å². The van der Waals surface area contributed by atoms with Gasteiger partial charge in [0.15, 0.2) is 0 Å². The van der Waals surface area contributed by atoms with Crippen molar-refractivity contribution in [3.63, 3.8) is 0 Å². The average Bonchev–Trinajstić information content (AvgIpc) is 2.33. The summed E-state index contributed by atoms with van der Waals surface area (Å²) in [4.78, 5) is 0. The van der Waals surface area contributed by atoms with Crippen LogP contribution in [-0.4, -0.2) is 12.2 Å². The van der Waals surface area contributed by atoms with Crippen molar-refractivity contribution in [3.8, 4) is 0 Å². The summed E-state index contributed by atoms with van der Waals surface area (Å²) in [5, 5.41) is 7.00. The number of rotatable bonds is 3. The maximum Gasteiger partial charge on any atom is 0.0319 e. The van der Waals surface area contributed by atoms with Crippen LogP contribution < -0.4 is 0 Å². The van der Waals surface area contributed by atoms with Crippen LogP contribution in [0.2, 0.25) is 0 Å². The lowest BCUT2D eigenvalue weighted by Gasteiger charge is -1.96. The molecule has 0 radical (unpaired) electrons. The zero-order valence-electron chi connectivity index (χ0n) is 9.96. The van der Waals surface area contributed by atoms with E-state index in [1.54, 1.807) is 0 Å². The van der Waals surface area contributed by atoms with Crippen molar-refractivity contribution >= 4 is 0 Å². The molecule has 0 heterocycles. The van der Waals surface area contributed by atoms with Gasteiger partial charge in [0.05, 0.1) is 0 Å². The van der Waals surface area contributed by atoms with Gasteiger partial charge < -0.3 is 5.11 Å². The summed E-state index contributed by atoms with van der Waals surface area (Å²) in [6.45, 7) is 6.23. The molecular weight excluding hydrogens is 172 g/mol. The summed E-state index contributed by atoms with van der Waals surface area (Å²) >= 11 is 0. The Morgan fingerprint density at radius 3 is 1.93 bits per heavy atom. The lowest BCUT2D eigenvalue weighted by atomic mass is 10.1. The van der Waals surface area contributed by atoms with Crippen LogP contribution >= 0.6 is 0 Å². The van der Waals surface area contributed by atoms with Gasteiger partial charge >= 0.3 is 0 Å². The third kappa shape index (κ3) is 9.27. The predicted octanol–water partition coefficient (Wildman–Crippen LogP) is 3.66. The van der Waals surface area contributed by atoms with E-state index >= 15 is 0 Å². The largest absolute Gasteiger partial charge is 0.400 e. The molecule has 0 atom stereocenters. The zero-order valence-corrected chi connectivity index (χ0v) is 9.96. The summed E-state index contributed by atoms with van der Waals surface area (Å²) in [6.07, 6.45) is 3.83. The van der Waals surface area contributed by atoms with Gasteiger partial charge in [0.1, 0.15) is 0 Å². The van der Waals surface area contributed by atoms with Crippen LogP contribution in [0.4, 0.5) is 0 Å². The Kier molecular flexibility index (Phi) is 16.4. The molecule has 0 aliphatic rings. The molecule has 0 bridgehead atoms. The monoisotopic (exact) mass is 196 g/mol. The molecule has 0 aromatic heterocycles. The van der Waals surface area contributed by atoms with Gasteiger partial charge in [-0.25, -0.2) is 0 Å². The van der Waals surface area contributed by atoms with E-state index in [1.807, 2.05) is 13.8 Å². The molecule has 0 saturated carbocycles. The van der Waals surface area contributed by atoms with E-state index in [0.717, 1.165) is 7.11 Å². The molecule has 1 rings (SSSR count). The fourth-order valence-corrected chi connectivity index (χ4v) is 1.03. The van der Waals surface area contributed by atoms with Gasteiger partial charge in [-0.1, -0.05) is 57.5 Å². The molecule has 82 valence electrons. The van der Waals surface area contributed by atoms with Crippen LogP contribution in [0.15, 0.2) is 30.3 Å². The number of unbranched alkanes of at least 4 members (excludes halogenated alkanes) is 1. The molecule has 14 heavy (non-hydrogen) atoms. The number of aliphatic hydroxyl groups excluding tert-OH is 1. The highest BCUT2D eigenvalue weighted by Gasteiger charge is 1.87. The van der Waals surface area contributed by atoms with Crippen LogP contribution in [0.5, 0.6) is 0 Å². The van der Waals surface area contributed by atoms with Crippen LogP contribution in [0, 0.1) is 0 Å². The van der Waals surface area contributed by atoms with Crippen molar-refractivity contribution in [1.82, 2.24) is 0 Å². The number of benzene rings is 1. The first-order valence-corrected chi connectivity index (χ1v) is 5.42.